The quantitative estimate of drug-likeness (QED) is 0.938. The van der Waals surface area contributed by atoms with Gasteiger partial charge in [0, 0.05) is 17.0 Å². The molecule has 4 nitrogen and oxygen atoms in total. The van der Waals surface area contributed by atoms with Gasteiger partial charge in [0.25, 0.3) is 0 Å². The lowest BCUT2D eigenvalue weighted by molar-refractivity contribution is 0.155. The summed E-state index contributed by atoms with van der Waals surface area (Å²) in [6, 6.07) is 11.4. The molecule has 0 radical (unpaired) electrons. The van der Waals surface area contributed by atoms with Gasteiger partial charge < -0.3 is 19.3 Å². The minimum absolute atomic E-state index is 0.144. The summed E-state index contributed by atoms with van der Waals surface area (Å²) in [5.41, 5.74) is 2.64. The zero-order chi connectivity index (χ0) is 16.4. The van der Waals surface area contributed by atoms with Crippen molar-refractivity contribution in [1.29, 1.82) is 0 Å². The van der Waals surface area contributed by atoms with Crippen molar-refractivity contribution in [2.75, 3.05) is 21.3 Å². The van der Waals surface area contributed by atoms with E-state index in [0.717, 1.165) is 28.2 Å². The number of ether oxygens (including phenoxy) is 3. The first-order valence-corrected chi connectivity index (χ1v) is 7.44. The number of hydrogen-bond donors (Lipinski definition) is 1. The van der Waals surface area contributed by atoms with E-state index in [1.807, 2.05) is 48.6 Å². The molecule has 23 heavy (non-hydrogen) atoms. The Morgan fingerprint density at radius 3 is 2.09 bits per heavy atom. The summed E-state index contributed by atoms with van der Waals surface area (Å²) in [7, 11) is 4.87. The molecule has 0 saturated heterocycles. The molecule has 0 spiro atoms. The summed E-state index contributed by atoms with van der Waals surface area (Å²) >= 11 is 0. The minimum Gasteiger partial charge on any atom is -0.497 e. The number of fused-ring (bicyclic) bond motifs is 1. The third-order valence-electron chi connectivity index (χ3n) is 4.25. The predicted octanol–water partition coefficient (Wildman–Crippen LogP) is 3.56. The Balaban J connectivity index is 2.04. The first kappa shape index (κ1) is 15.4. The van der Waals surface area contributed by atoms with Gasteiger partial charge in [-0.3, -0.25) is 0 Å². The van der Waals surface area contributed by atoms with Crippen LogP contribution in [0, 0.1) is 0 Å². The van der Waals surface area contributed by atoms with Gasteiger partial charge in [0.1, 0.15) is 17.2 Å². The number of benzene rings is 2. The molecule has 0 amide bonds. The predicted molar refractivity (Wildman–Crippen MR) is 89.3 cm³/mol. The van der Waals surface area contributed by atoms with Gasteiger partial charge in [0.2, 0.25) is 0 Å². The van der Waals surface area contributed by atoms with Crippen LogP contribution < -0.4 is 14.2 Å². The normalized spacial score (nSPS) is 19.1. The lowest BCUT2D eigenvalue weighted by atomic mass is 9.82. The van der Waals surface area contributed by atoms with Crippen molar-refractivity contribution < 1.29 is 19.3 Å². The van der Waals surface area contributed by atoms with E-state index in [4.69, 9.17) is 14.2 Å². The van der Waals surface area contributed by atoms with Crippen LogP contribution in [0.5, 0.6) is 17.2 Å². The zero-order valence-electron chi connectivity index (χ0n) is 13.4. The smallest absolute Gasteiger partial charge is 0.126 e. The van der Waals surface area contributed by atoms with E-state index in [1.165, 1.54) is 0 Å². The molecule has 2 aromatic carbocycles. The molecule has 3 rings (SSSR count). The fraction of sp³-hybridized carbons (Fsp3) is 0.263. The molecule has 0 bridgehead atoms. The molecule has 1 N–H and O–H groups in total. The average molecular weight is 312 g/mol. The van der Waals surface area contributed by atoms with Crippen molar-refractivity contribution in [3.8, 4) is 17.2 Å². The Kier molecular flexibility index (Phi) is 4.26. The summed E-state index contributed by atoms with van der Waals surface area (Å²) < 4.78 is 16.0. The number of hydrogen-bond acceptors (Lipinski definition) is 4. The first-order valence-electron chi connectivity index (χ1n) is 7.44. The second-order valence-corrected chi connectivity index (χ2v) is 5.40. The standard InChI is InChI=1S/C19H20O4/c1-21-13-6-4-12(5-7-13)14-8-9-15-16(22-2)10-11-17(23-3)18(15)19(14)20/h4-11,14,19-20H,1-3H3/t14-,19+/m0/s1. The number of aliphatic hydroxyl groups is 1. The molecule has 0 fully saturated rings. The Hall–Kier alpha value is -2.46. The van der Waals surface area contributed by atoms with Gasteiger partial charge in [0.05, 0.1) is 27.4 Å². The van der Waals surface area contributed by atoms with Crippen molar-refractivity contribution in [3.63, 3.8) is 0 Å². The van der Waals surface area contributed by atoms with Crippen LogP contribution in [0.2, 0.25) is 0 Å². The van der Waals surface area contributed by atoms with Gasteiger partial charge in [0.15, 0.2) is 0 Å². The molecule has 4 heteroatoms. The van der Waals surface area contributed by atoms with Crippen molar-refractivity contribution in [2.45, 2.75) is 12.0 Å². The highest BCUT2D eigenvalue weighted by atomic mass is 16.5. The summed E-state index contributed by atoms with van der Waals surface area (Å²) in [4.78, 5) is 0. The third-order valence-corrected chi connectivity index (χ3v) is 4.25. The van der Waals surface area contributed by atoms with E-state index in [2.05, 4.69) is 0 Å². The Morgan fingerprint density at radius 1 is 0.826 bits per heavy atom. The molecule has 0 aromatic heterocycles. The topological polar surface area (TPSA) is 47.9 Å². The van der Waals surface area contributed by atoms with Crippen LogP contribution in [0.3, 0.4) is 0 Å². The van der Waals surface area contributed by atoms with E-state index in [1.54, 1.807) is 21.3 Å². The summed E-state index contributed by atoms with van der Waals surface area (Å²) in [6.45, 7) is 0. The Labute approximate surface area is 135 Å². The molecule has 1 aliphatic rings. The maximum absolute atomic E-state index is 10.9. The lowest BCUT2D eigenvalue weighted by Crippen LogP contribution is -2.15. The molecular weight excluding hydrogens is 292 g/mol. The summed E-state index contributed by atoms with van der Waals surface area (Å²) in [5.74, 6) is 2.04. The van der Waals surface area contributed by atoms with E-state index >= 15 is 0 Å². The van der Waals surface area contributed by atoms with Crippen LogP contribution in [0.25, 0.3) is 6.08 Å². The molecule has 0 aliphatic heterocycles. The van der Waals surface area contributed by atoms with Gasteiger partial charge in [-0.25, -0.2) is 0 Å². The lowest BCUT2D eigenvalue weighted by Gasteiger charge is -2.28. The van der Waals surface area contributed by atoms with Gasteiger partial charge >= 0.3 is 0 Å². The largest absolute Gasteiger partial charge is 0.497 e. The molecule has 2 aromatic rings. The van der Waals surface area contributed by atoms with Gasteiger partial charge in [-0.1, -0.05) is 24.3 Å². The second-order valence-electron chi connectivity index (χ2n) is 5.40. The molecular formula is C19H20O4. The van der Waals surface area contributed by atoms with Crippen LogP contribution in [0.1, 0.15) is 28.7 Å². The molecule has 1 aliphatic carbocycles. The highest BCUT2D eigenvalue weighted by Gasteiger charge is 2.30. The SMILES string of the molecule is COc1ccc([C@@H]2C=Cc3c(OC)ccc(OC)c3[C@@H]2O)cc1. The first-order chi connectivity index (χ1) is 11.2. The third kappa shape index (κ3) is 2.66. The fourth-order valence-electron chi connectivity index (χ4n) is 3.03. The molecule has 2 atom stereocenters. The van der Waals surface area contributed by atoms with Crippen LogP contribution >= 0.6 is 0 Å². The molecule has 0 unspecified atom stereocenters. The van der Waals surface area contributed by atoms with E-state index in [0.29, 0.717) is 5.75 Å². The van der Waals surface area contributed by atoms with Gasteiger partial charge in [-0.2, -0.15) is 0 Å². The van der Waals surface area contributed by atoms with Crippen LogP contribution in [-0.4, -0.2) is 26.4 Å². The number of aliphatic hydroxyl groups excluding tert-OH is 1. The van der Waals surface area contributed by atoms with Gasteiger partial charge in [-0.05, 0) is 29.8 Å². The van der Waals surface area contributed by atoms with Gasteiger partial charge in [-0.15, -0.1) is 0 Å². The molecule has 120 valence electrons. The van der Waals surface area contributed by atoms with Crippen molar-refractivity contribution in [1.82, 2.24) is 0 Å². The average Bonchev–Trinajstić information content (AvgIpc) is 2.61. The van der Waals surface area contributed by atoms with Crippen molar-refractivity contribution >= 4 is 6.08 Å². The van der Waals surface area contributed by atoms with Crippen LogP contribution in [0.15, 0.2) is 42.5 Å². The van der Waals surface area contributed by atoms with E-state index in [9.17, 15) is 5.11 Å². The summed E-state index contributed by atoms with van der Waals surface area (Å²) in [5, 5.41) is 10.9. The Morgan fingerprint density at radius 2 is 1.48 bits per heavy atom. The van der Waals surface area contributed by atoms with E-state index in [-0.39, 0.29) is 5.92 Å². The zero-order valence-corrected chi connectivity index (χ0v) is 13.4. The maximum Gasteiger partial charge on any atom is 0.126 e. The Bertz CT molecular complexity index is 719. The number of methoxy groups -OCH3 is 3. The fourth-order valence-corrected chi connectivity index (χ4v) is 3.03. The van der Waals surface area contributed by atoms with Crippen molar-refractivity contribution in [3.05, 3.63) is 59.2 Å². The maximum atomic E-state index is 10.9. The molecule has 0 heterocycles. The number of rotatable bonds is 4. The van der Waals surface area contributed by atoms with Crippen LogP contribution in [-0.2, 0) is 0 Å². The van der Waals surface area contributed by atoms with Crippen molar-refractivity contribution in [2.24, 2.45) is 0 Å². The molecule has 0 saturated carbocycles. The van der Waals surface area contributed by atoms with Crippen LogP contribution in [0.4, 0.5) is 0 Å². The monoisotopic (exact) mass is 312 g/mol. The second kappa shape index (κ2) is 6.34. The minimum atomic E-state index is -0.701. The highest BCUT2D eigenvalue weighted by Crippen LogP contribution is 2.45. The summed E-state index contributed by atoms with van der Waals surface area (Å²) in [6.07, 6.45) is 3.28. The van der Waals surface area contributed by atoms with E-state index < -0.39 is 6.10 Å². The highest BCUT2D eigenvalue weighted by molar-refractivity contribution is 5.69.